The number of primary amides is 1. The third-order valence-electron chi connectivity index (χ3n) is 5.41. The van der Waals surface area contributed by atoms with Gasteiger partial charge in [0.2, 0.25) is 17.7 Å². The Bertz CT molecular complexity index is 707. The Hall–Kier alpha value is -2.61. The molecule has 28 heavy (non-hydrogen) atoms. The van der Waals surface area contributed by atoms with E-state index in [1.165, 1.54) is 17.0 Å². The summed E-state index contributed by atoms with van der Waals surface area (Å²) in [6.07, 6.45) is 2.17. The van der Waals surface area contributed by atoms with Crippen molar-refractivity contribution in [1.82, 2.24) is 10.2 Å². The normalized spacial score (nSPS) is 19.7. The Morgan fingerprint density at radius 1 is 1.29 bits per heavy atom. The number of amides is 3. The minimum absolute atomic E-state index is 0.0328. The van der Waals surface area contributed by atoms with Crippen LogP contribution in [0.15, 0.2) is 24.3 Å². The van der Waals surface area contributed by atoms with Crippen LogP contribution in [-0.2, 0) is 20.8 Å². The van der Waals surface area contributed by atoms with Crippen LogP contribution in [0.1, 0.15) is 38.7 Å². The fraction of sp³-hybridized carbons (Fsp3) is 0.550. The first-order chi connectivity index (χ1) is 13.2. The molecule has 0 aromatic heterocycles. The van der Waals surface area contributed by atoms with Crippen molar-refractivity contribution in [3.8, 4) is 5.75 Å². The van der Waals surface area contributed by atoms with Crippen LogP contribution in [0.4, 0.5) is 0 Å². The van der Waals surface area contributed by atoms with Crippen molar-refractivity contribution in [2.45, 2.75) is 57.7 Å². The average Bonchev–Trinajstić information content (AvgIpc) is 3.17. The molecule has 1 saturated heterocycles. The first-order valence-corrected chi connectivity index (χ1v) is 9.68. The van der Waals surface area contributed by atoms with E-state index >= 15 is 0 Å². The summed E-state index contributed by atoms with van der Waals surface area (Å²) in [5, 5.41) is 12.2. The summed E-state index contributed by atoms with van der Waals surface area (Å²) in [7, 11) is 0. The number of carbonyl (C=O) groups excluding carboxylic acids is 3. The molecule has 0 aliphatic carbocycles. The third kappa shape index (κ3) is 5.22. The van der Waals surface area contributed by atoms with Crippen molar-refractivity contribution in [2.75, 3.05) is 6.54 Å². The second kappa shape index (κ2) is 9.54. The predicted molar refractivity (Wildman–Crippen MR) is 105 cm³/mol. The first-order valence-electron chi connectivity index (χ1n) is 9.68. The number of likely N-dealkylation sites (tertiary alicyclic amines) is 1. The zero-order chi connectivity index (χ0) is 20.8. The van der Waals surface area contributed by atoms with Crippen LogP contribution in [-0.4, -0.2) is 52.4 Å². The Kier molecular flexibility index (Phi) is 7.39. The number of phenolic OH excluding ortho intramolecular Hbond substituents is 1. The lowest BCUT2D eigenvalue weighted by Gasteiger charge is -2.29. The molecule has 1 aromatic carbocycles. The lowest BCUT2D eigenvalue weighted by atomic mass is 9.98. The average molecular weight is 390 g/mol. The summed E-state index contributed by atoms with van der Waals surface area (Å²) in [6.45, 7) is 4.25. The van der Waals surface area contributed by atoms with Gasteiger partial charge in [-0.15, -0.1) is 0 Å². The molecule has 8 heteroatoms. The van der Waals surface area contributed by atoms with E-state index in [4.69, 9.17) is 11.5 Å². The molecular weight excluding hydrogens is 360 g/mol. The van der Waals surface area contributed by atoms with Crippen molar-refractivity contribution in [2.24, 2.45) is 17.4 Å². The van der Waals surface area contributed by atoms with Gasteiger partial charge in [-0.2, -0.15) is 0 Å². The van der Waals surface area contributed by atoms with Crippen LogP contribution in [0.5, 0.6) is 5.75 Å². The third-order valence-corrected chi connectivity index (χ3v) is 5.41. The molecule has 4 atom stereocenters. The largest absolute Gasteiger partial charge is 0.508 e. The molecule has 0 radical (unpaired) electrons. The zero-order valence-electron chi connectivity index (χ0n) is 16.4. The molecular formula is C20H30N4O4. The van der Waals surface area contributed by atoms with Crippen molar-refractivity contribution < 1.29 is 19.5 Å². The maximum Gasteiger partial charge on any atom is 0.246 e. The Labute approximate surface area is 165 Å². The number of carbonyl (C=O) groups is 3. The standard InChI is InChI=1S/C20H30N4O4/c1-3-12(2)17(21)19(27)23-15(11-13-6-8-14(25)9-7-13)20(28)24-10-4-5-16(24)18(22)26/h6-9,12,15-17,25H,3-5,10-11,21H2,1-2H3,(H2,22,26)(H,23,27)/t12-,15-,16-,17-/m0/s1. The van der Waals surface area contributed by atoms with Crippen LogP contribution in [0.25, 0.3) is 0 Å². The fourth-order valence-electron chi connectivity index (χ4n) is 3.37. The number of hydrogen-bond acceptors (Lipinski definition) is 5. The summed E-state index contributed by atoms with van der Waals surface area (Å²) in [4.78, 5) is 38.9. The second-order valence-electron chi connectivity index (χ2n) is 7.44. The summed E-state index contributed by atoms with van der Waals surface area (Å²) in [6, 6.07) is 4.16. The van der Waals surface area contributed by atoms with Crippen molar-refractivity contribution in [1.29, 1.82) is 0 Å². The Morgan fingerprint density at radius 3 is 2.50 bits per heavy atom. The molecule has 1 fully saturated rings. The highest BCUT2D eigenvalue weighted by Gasteiger charge is 2.37. The maximum absolute atomic E-state index is 13.1. The summed E-state index contributed by atoms with van der Waals surface area (Å²) in [5.41, 5.74) is 12.2. The van der Waals surface area contributed by atoms with Gasteiger partial charge in [-0.1, -0.05) is 32.4 Å². The Balaban J connectivity index is 2.22. The molecule has 1 aromatic rings. The number of phenols is 1. The van der Waals surface area contributed by atoms with Crippen molar-refractivity contribution >= 4 is 17.7 Å². The van der Waals surface area contributed by atoms with E-state index in [-0.39, 0.29) is 24.0 Å². The van der Waals surface area contributed by atoms with Crippen LogP contribution in [0, 0.1) is 5.92 Å². The van der Waals surface area contributed by atoms with Crippen LogP contribution in [0.2, 0.25) is 0 Å². The summed E-state index contributed by atoms with van der Waals surface area (Å²) in [5.74, 6) is -1.21. The van der Waals surface area contributed by atoms with Gasteiger partial charge in [0.05, 0.1) is 6.04 Å². The van der Waals surface area contributed by atoms with E-state index in [1.54, 1.807) is 12.1 Å². The van der Waals surface area contributed by atoms with Crippen LogP contribution < -0.4 is 16.8 Å². The van der Waals surface area contributed by atoms with Gasteiger partial charge in [0, 0.05) is 13.0 Å². The molecule has 6 N–H and O–H groups in total. The fourth-order valence-corrected chi connectivity index (χ4v) is 3.37. The molecule has 0 bridgehead atoms. The molecule has 1 heterocycles. The van der Waals surface area contributed by atoms with E-state index in [2.05, 4.69) is 5.32 Å². The van der Waals surface area contributed by atoms with Gasteiger partial charge < -0.3 is 26.8 Å². The second-order valence-corrected chi connectivity index (χ2v) is 7.44. The molecule has 1 aliphatic rings. The molecule has 1 aliphatic heterocycles. The number of nitrogens with two attached hydrogens (primary N) is 2. The minimum atomic E-state index is -0.868. The smallest absolute Gasteiger partial charge is 0.246 e. The van der Waals surface area contributed by atoms with Crippen LogP contribution in [0.3, 0.4) is 0 Å². The van der Waals surface area contributed by atoms with Gasteiger partial charge in [-0.3, -0.25) is 14.4 Å². The highest BCUT2D eigenvalue weighted by molar-refractivity contribution is 5.93. The highest BCUT2D eigenvalue weighted by Crippen LogP contribution is 2.20. The first kappa shape index (κ1) is 21.7. The maximum atomic E-state index is 13.1. The van der Waals surface area contributed by atoms with Crippen molar-refractivity contribution in [3.63, 3.8) is 0 Å². The Morgan fingerprint density at radius 2 is 1.93 bits per heavy atom. The number of aromatic hydroxyl groups is 1. The molecule has 154 valence electrons. The number of nitrogens with zero attached hydrogens (tertiary/aromatic N) is 1. The summed E-state index contributed by atoms with van der Waals surface area (Å²) >= 11 is 0. The lowest BCUT2D eigenvalue weighted by molar-refractivity contribution is -0.140. The topological polar surface area (TPSA) is 139 Å². The SMILES string of the molecule is CC[C@H](C)[C@H](N)C(=O)N[C@@H](Cc1ccc(O)cc1)C(=O)N1CCC[C@H]1C(N)=O. The number of hydrogen-bond donors (Lipinski definition) is 4. The number of benzene rings is 1. The molecule has 0 unspecified atom stereocenters. The van der Waals surface area contributed by atoms with Gasteiger partial charge in [0.1, 0.15) is 17.8 Å². The molecule has 8 nitrogen and oxygen atoms in total. The number of rotatable bonds is 8. The highest BCUT2D eigenvalue weighted by atomic mass is 16.3. The van der Waals surface area contributed by atoms with E-state index in [0.29, 0.717) is 19.4 Å². The summed E-state index contributed by atoms with van der Waals surface area (Å²) < 4.78 is 0. The molecule has 2 rings (SSSR count). The van der Waals surface area contributed by atoms with E-state index in [0.717, 1.165) is 12.0 Å². The molecule has 0 spiro atoms. The zero-order valence-corrected chi connectivity index (χ0v) is 16.4. The van der Waals surface area contributed by atoms with Gasteiger partial charge >= 0.3 is 0 Å². The monoisotopic (exact) mass is 390 g/mol. The molecule has 3 amide bonds. The van der Waals surface area contributed by atoms with Crippen molar-refractivity contribution in [3.05, 3.63) is 29.8 Å². The predicted octanol–water partition coefficient (Wildman–Crippen LogP) is 0.269. The number of nitrogens with one attached hydrogen (secondary N) is 1. The quantitative estimate of drug-likeness (QED) is 0.505. The van der Waals surface area contributed by atoms with E-state index < -0.39 is 29.9 Å². The van der Waals surface area contributed by atoms with Gasteiger partial charge in [-0.05, 0) is 36.5 Å². The van der Waals surface area contributed by atoms with Gasteiger partial charge in [-0.25, -0.2) is 0 Å². The van der Waals surface area contributed by atoms with Crippen LogP contribution >= 0.6 is 0 Å². The minimum Gasteiger partial charge on any atom is -0.508 e. The lowest BCUT2D eigenvalue weighted by Crippen LogP contribution is -2.56. The molecule has 0 saturated carbocycles. The van der Waals surface area contributed by atoms with Gasteiger partial charge in [0.25, 0.3) is 0 Å². The van der Waals surface area contributed by atoms with Gasteiger partial charge in [0.15, 0.2) is 0 Å². The van der Waals surface area contributed by atoms with E-state index in [1.807, 2.05) is 13.8 Å². The van der Waals surface area contributed by atoms with E-state index in [9.17, 15) is 19.5 Å².